The molecule has 0 spiro atoms. The lowest BCUT2D eigenvalue weighted by Gasteiger charge is -2.32. The van der Waals surface area contributed by atoms with Crippen molar-refractivity contribution in [2.24, 2.45) is 5.92 Å². The van der Waals surface area contributed by atoms with Gasteiger partial charge in [0.1, 0.15) is 0 Å². The first-order valence-electron chi connectivity index (χ1n) is 13.0. The van der Waals surface area contributed by atoms with E-state index in [-0.39, 0.29) is 23.8 Å². The van der Waals surface area contributed by atoms with E-state index in [1.807, 2.05) is 35.4 Å². The number of H-pyrrole nitrogens is 1. The van der Waals surface area contributed by atoms with Gasteiger partial charge in [-0.25, -0.2) is 4.98 Å². The summed E-state index contributed by atoms with van der Waals surface area (Å²) in [4.78, 5) is 37.5. The maximum absolute atomic E-state index is 12.9. The lowest BCUT2D eigenvalue weighted by molar-refractivity contribution is -0.131. The standard InChI is InChI=1S/C29H35N5O2/c1-21(35)34-17-24-12-13-25(32-29(36)23-10-6-3-7-11-23)15-28(24)33(18-26-16-30-20-31-26)19-27(34)14-22-8-4-2-5-9-22/h2,4-5,8-9,12-13,15-16,20,23,27H,3,6-7,10-11,14,17-19H2,1H3,(H,30,31)(H,32,36). The number of imidazole rings is 1. The number of aromatic nitrogens is 2. The predicted octanol–water partition coefficient (Wildman–Crippen LogP) is 4.91. The third-order valence-corrected chi connectivity index (χ3v) is 7.52. The molecule has 0 radical (unpaired) electrons. The molecule has 1 saturated carbocycles. The zero-order chi connectivity index (χ0) is 24.9. The molecule has 2 N–H and O–H groups in total. The number of hydrogen-bond donors (Lipinski definition) is 2. The molecule has 7 heteroatoms. The zero-order valence-electron chi connectivity index (χ0n) is 21.0. The number of amides is 2. The fourth-order valence-electron chi connectivity index (χ4n) is 5.60. The Bertz CT molecular complexity index is 1170. The summed E-state index contributed by atoms with van der Waals surface area (Å²) < 4.78 is 0. The Kier molecular flexibility index (Phi) is 7.35. The van der Waals surface area contributed by atoms with Gasteiger partial charge in [0.05, 0.1) is 24.6 Å². The van der Waals surface area contributed by atoms with Gasteiger partial charge in [-0.2, -0.15) is 0 Å². The highest BCUT2D eigenvalue weighted by molar-refractivity contribution is 5.93. The van der Waals surface area contributed by atoms with Crippen LogP contribution in [0.25, 0.3) is 0 Å². The first-order valence-corrected chi connectivity index (χ1v) is 13.0. The predicted molar refractivity (Wildman–Crippen MR) is 141 cm³/mol. The Morgan fingerprint density at radius 2 is 1.89 bits per heavy atom. The van der Waals surface area contributed by atoms with Gasteiger partial charge < -0.3 is 20.1 Å². The van der Waals surface area contributed by atoms with Crippen LogP contribution in [0.3, 0.4) is 0 Å². The maximum atomic E-state index is 12.9. The average molecular weight is 486 g/mol. The van der Waals surface area contributed by atoms with Gasteiger partial charge in [0, 0.05) is 43.5 Å². The summed E-state index contributed by atoms with van der Waals surface area (Å²) >= 11 is 0. The number of nitrogens with zero attached hydrogens (tertiary/aromatic N) is 3. The zero-order valence-corrected chi connectivity index (χ0v) is 21.0. The molecule has 0 bridgehead atoms. The minimum Gasteiger partial charge on any atom is -0.363 e. The molecule has 1 aromatic heterocycles. The van der Waals surface area contributed by atoms with Crippen molar-refractivity contribution in [3.05, 3.63) is 77.9 Å². The fourth-order valence-corrected chi connectivity index (χ4v) is 5.60. The SMILES string of the molecule is CC(=O)N1Cc2ccc(NC(=O)C3CCCCC3)cc2N(Cc2cnc[nH]2)CC1Cc1ccccc1. The van der Waals surface area contributed by atoms with Gasteiger partial charge in [-0.05, 0) is 42.5 Å². The monoisotopic (exact) mass is 485 g/mol. The number of carbonyl (C=O) groups excluding carboxylic acids is 2. The van der Waals surface area contributed by atoms with Gasteiger partial charge in [-0.15, -0.1) is 0 Å². The van der Waals surface area contributed by atoms with Gasteiger partial charge >= 0.3 is 0 Å². The van der Waals surface area contributed by atoms with Crippen LogP contribution in [0, 0.1) is 5.92 Å². The summed E-state index contributed by atoms with van der Waals surface area (Å²) in [6, 6.07) is 16.5. The highest BCUT2D eigenvalue weighted by Gasteiger charge is 2.30. The van der Waals surface area contributed by atoms with Gasteiger partial charge in [0.25, 0.3) is 0 Å². The van der Waals surface area contributed by atoms with Crippen molar-refractivity contribution < 1.29 is 9.59 Å². The van der Waals surface area contributed by atoms with Crippen LogP contribution < -0.4 is 10.2 Å². The van der Waals surface area contributed by atoms with E-state index >= 15 is 0 Å². The summed E-state index contributed by atoms with van der Waals surface area (Å²) in [6.07, 6.45) is 9.73. The molecule has 2 heterocycles. The van der Waals surface area contributed by atoms with Gasteiger partial charge in [-0.3, -0.25) is 9.59 Å². The van der Waals surface area contributed by atoms with Gasteiger partial charge in [0.15, 0.2) is 0 Å². The summed E-state index contributed by atoms with van der Waals surface area (Å²) in [5.74, 6) is 0.290. The van der Waals surface area contributed by atoms with Crippen LogP contribution in [0.15, 0.2) is 61.1 Å². The number of aromatic amines is 1. The second-order valence-electron chi connectivity index (χ2n) is 10.1. The Morgan fingerprint density at radius 1 is 1.08 bits per heavy atom. The van der Waals surface area contributed by atoms with Gasteiger partial charge in [-0.1, -0.05) is 55.7 Å². The lowest BCUT2D eigenvalue weighted by Crippen LogP contribution is -2.44. The number of anilines is 2. The quantitative estimate of drug-likeness (QED) is 0.520. The Hall–Kier alpha value is -3.61. The van der Waals surface area contributed by atoms with E-state index in [9.17, 15) is 9.59 Å². The van der Waals surface area contributed by atoms with Crippen LogP contribution in [-0.2, 0) is 29.1 Å². The molecule has 36 heavy (non-hydrogen) atoms. The van der Waals surface area contributed by atoms with E-state index in [1.165, 1.54) is 12.0 Å². The van der Waals surface area contributed by atoms with E-state index in [0.717, 1.165) is 54.7 Å². The van der Waals surface area contributed by atoms with Crippen molar-refractivity contribution in [2.45, 2.75) is 64.6 Å². The number of carbonyl (C=O) groups is 2. The van der Waals surface area contributed by atoms with Crippen LogP contribution in [0.1, 0.15) is 55.8 Å². The van der Waals surface area contributed by atoms with Crippen molar-refractivity contribution in [3.8, 4) is 0 Å². The summed E-state index contributed by atoms with van der Waals surface area (Å²) in [7, 11) is 0. The van der Waals surface area contributed by atoms with Crippen LogP contribution in [0.4, 0.5) is 11.4 Å². The van der Waals surface area contributed by atoms with Crippen LogP contribution in [0.5, 0.6) is 0 Å². The molecule has 0 saturated heterocycles. The van der Waals surface area contributed by atoms with Gasteiger partial charge in [0.2, 0.25) is 11.8 Å². The third-order valence-electron chi connectivity index (χ3n) is 7.52. The highest BCUT2D eigenvalue weighted by atomic mass is 16.2. The Balaban J connectivity index is 1.45. The molecule has 1 aliphatic heterocycles. The molecule has 2 aliphatic rings. The topological polar surface area (TPSA) is 81.3 Å². The minimum absolute atomic E-state index is 0.0144. The van der Waals surface area contributed by atoms with Crippen molar-refractivity contribution in [3.63, 3.8) is 0 Å². The van der Waals surface area contributed by atoms with Crippen molar-refractivity contribution >= 4 is 23.2 Å². The van der Waals surface area contributed by atoms with E-state index in [0.29, 0.717) is 19.6 Å². The van der Waals surface area contributed by atoms with Crippen molar-refractivity contribution in [2.75, 3.05) is 16.8 Å². The van der Waals surface area contributed by atoms with Crippen molar-refractivity contribution in [1.29, 1.82) is 0 Å². The Morgan fingerprint density at radius 3 is 2.61 bits per heavy atom. The summed E-state index contributed by atoms with van der Waals surface area (Å²) in [5.41, 5.74) is 5.16. The third kappa shape index (κ3) is 5.61. The molecule has 1 atom stereocenters. The van der Waals surface area contributed by atoms with E-state index in [4.69, 9.17) is 0 Å². The molecule has 7 nitrogen and oxygen atoms in total. The summed E-state index contributed by atoms with van der Waals surface area (Å²) in [5, 5.41) is 3.18. The second-order valence-corrected chi connectivity index (χ2v) is 10.1. The first kappa shape index (κ1) is 24.1. The fraction of sp³-hybridized carbons (Fsp3) is 0.414. The summed E-state index contributed by atoms with van der Waals surface area (Å²) in [6.45, 7) is 3.52. The molecule has 5 rings (SSSR count). The number of benzene rings is 2. The molecule has 1 aliphatic carbocycles. The number of fused-ring (bicyclic) bond motifs is 1. The second kappa shape index (κ2) is 11.0. The number of rotatable bonds is 6. The van der Waals surface area contributed by atoms with Crippen LogP contribution >= 0.6 is 0 Å². The largest absolute Gasteiger partial charge is 0.363 e. The normalized spacial score (nSPS) is 18.4. The lowest BCUT2D eigenvalue weighted by atomic mass is 9.88. The van der Waals surface area contributed by atoms with E-state index < -0.39 is 0 Å². The van der Waals surface area contributed by atoms with Crippen LogP contribution in [0.2, 0.25) is 0 Å². The minimum atomic E-state index is 0.0144. The molecule has 188 valence electrons. The molecule has 2 amide bonds. The smallest absolute Gasteiger partial charge is 0.227 e. The average Bonchev–Trinajstić information content (AvgIpc) is 3.36. The molecule has 1 fully saturated rings. The molecule has 1 unspecified atom stereocenters. The van der Waals surface area contributed by atoms with Crippen molar-refractivity contribution in [1.82, 2.24) is 14.9 Å². The molecule has 3 aromatic rings. The van der Waals surface area contributed by atoms with Crippen LogP contribution in [-0.4, -0.2) is 39.3 Å². The maximum Gasteiger partial charge on any atom is 0.227 e. The molecular formula is C29H35N5O2. The number of hydrogen-bond acceptors (Lipinski definition) is 4. The molecular weight excluding hydrogens is 450 g/mol. The van der Waals surface area contributed by atoms with E-state index in [2.05, 4.69) is 44.5 Å². The highest BCUT2D eigenvalue weighted by Crippen LogP contribution is 2.33. The molecule has 2 aromatic carbocycles. The first-order chi connectivity index (χ1) is 17.6. The number of nitrogens with one attached hydrogen (secondary N) is 2. The Labute approximate surface area is 212 Å². The van der Waals surface area contributed by atoms with E-state index in [1.54, 1.807) is 13.3 Å².